The Kier molecular flexibility index (Phi) is 5.33. The summed E-state index contributed by atoms with van der Waals surface area (Å²) in [5.41, 5.74) is 0.410. The highest BCUT2D eigenvalue weighted by atomic mass is 79.9. The van der Waals surface area contributed by atoms with Crippen LogP contribution < -0.4 is 5.32 Å². The molecule has 3 aliphatic rings. The first-order valence-corrected chi connectivity index (χ1v) is 11.3. The molecule has 1 aromatic carbocycles. The van der Waals surface area contributed by atoms with Crippen LogP contribution in [0.5, 0.6) is 0 Å². The molecule has 6 unspecified atom stereocenters. The molecular weight excluding hydrogens is 523 g/mol. The Balaban J connectivity index is 1.41. The molecule has 1 aliphatic heterocycles. The zero-order valence-corrected chi connectivity index (χ0v) is 18.7. The van der Waals surface area contributed by atoms with Gasteiger partial charge < -0.3 is 5.32 Å². The summed E-state index contributed by atoms with van der Waals surface area (Å²) in [5.74, 6) is -0.784. The number of anilines is 1. The molecule has 2 aliphatic carbocycles. The standard InChI is InChI=1S/C18H16Br2Cl2N2O3/c19-14-7-6-8(15(14)20)13-12(7)17(26)24(18(13)27)5-4-11(25)23-10-3-1-2-9(21)16(10)22/h1-3,7-8,12-15H,4-6H2,(H,23,25). The second-order valence-electron chi connectivity index (χ2n) is 7.23. The largest absolute Gasteiger partial charge is 0.325 e. The van der Waals surface area contributed by atoms with Crippen molar-refractivity contribution < 1.29 is 14.4 Å². The molecule has 9 heteroatoms. The summed E-state index contributed by atoms with van der Waals surface area (Å²) in [5, 5.41) is 3.29. The number of carbonyl (C=O) groups is 3. The Labute approximate surface area is 183 Å². The first kappa shape index (κ1) is 19.7. The summed E-state index contributed by atoms with van der Waals surface area (Å²) in [6.07, 6.45) is 0.908. The van der Waals surface area contributed by atoms with Crippen molar-refractivity contribution in [1.29, 1.82) is 0 Å². The topological polar surface area (TPSA) is 66.5 Å². The number of alkyl halides is 2. The molecule has 1 heterocycles. The van der Waals surface area contributed by atoms with Gasteiger partial charge in [0.2, 0.25) is 17.7 Å². The smallest absolute Gasteiger partial charge is 0.233 e. The van der Waals surface area contributed by atoms with E-state index < -0.39 is 0 Å². The molecule has 4 rings (SSSR count). The summed E-state index contributed by atoms with van der Waals surface area (Å²) in [6, 6.07) is 4.96. The highest BCUT2D eigenvalue weighted by Crippen LogP contribution is 2.60. The molecular formula is C18H16Br2Cl2N2O3. The average molecular weight is 539 g/mol. The van der Waals surface area contributed by atoms with Gasteiger partial charge in [-0.05, 0) is 30.4 Å². The predicted octanol–water partition coefficient (Wildman–Crippen LogP) is 4.10. The Morgan fingerprint density at radius 2 is 1.70 bits per heavy atom. The maximum Gasteiger partial charge on any atom is 0.233 e. The number of halogens is 4. The van der Waals surface area contributed by atoms with Crippen LogP contribution >= 0.6 is 55.1 Å². The molecule has 27 heavy (non-hydrogen) atoms. The number of fused-ring (bicyclic) bond motifs is 5. The van der Waals surface area contributed by atoms with Crippen molar-refractivity contribution in [2.24, 2.45) is 23.7 Å². The molecule has 0 aromatic heterocycles. The number of nitrogens with zero attached hydrogens (tertiary/aromatic N) is 1. The van der Waals surface area contributed by atoms with Crippen LogP contribution in [0, 0.1) is 23.7 Å². The minimum absolute atomic E-state index is 0.0184. The SMILES string of the molecule is O=C(CCN1C(=O)C2C3CC(C(Br)C3Br)C2C1=O)Nc1cccc(Cl)c1Cl. The lowest BCUT2D eigenvalue weighted by Gasteiger charge is -2.28. The molecule has 1 N–H and O–H groups in total. The molecule has 2 saturated carbocycles. The lowest BCUT2D eigenvalue weighted by molar-refractivity contribution is -0.140. The van der Waals surface area contributed by atoms with Crippen LogP contribution in [0.15, 0.2) is 18.2 Å². The van der Waals surface area contributed by atoms with Gasteiger partial charge in [-0.3, -0.25) is 19.3 Å². The number of likely N-dealkylation sites (tertiary alicyclic amines) is 1. The lowest BCUT2D eigenvalue weighted by atomic mass is 9.81. The second-order valence-corrected chi connectivity index (χ2v) is 10.1. The average Bonchev–Trinajstić information content (AvgIpc) is 3.23. The molecule has 144 valence electrons. The third kappa shape index (κ3) is 3.15. The fourth-order valence-electron chi connectivity index (χ4n) is 4.66. The maximum atomic E-state index is 12.8. The van der Waals surface area contributed by atoms with Crippen molar-refractivity contribution in [2.45, 2.75) is 22.5 Å². The number of carbonyl (C=O) groups excluding carboxylic acids is 3. The lowest BCUT2D eigenvalue weighted by Crippen LogP contribution is -2.37. The molecule has 1 aromatic rings. The van der Waals surface area contributed by atoms with Gasteiger partial charge in [-0.1, -0.05) is 61.1 Å². The van der Waals surface area contributed by atoms with Crippen molar-refractivity contribution in [3.63, 3.8) is 0 Å². The van der Waals surface area contributed by atoms with Crippen molar-refractivity contribution >= 4 is 78.5 Å². The van der Waals surface area contributed by atoms with E-state index in [1.807, 2.05) is 0 Å². The Hall–Kier alpha value is -0.630. The van der Waals surface area contributed by atoms with E-state index in [2.05, 4.69) is 37.2 Å². The van der Waals surface area contributed by atoms with Gasteiger partial charge in [-0.15, -0.1) is 0 Å². The fraction of sp³-hybridized carbons (Fsp3) is 0.500. The Morgan fingerprint density at radius 1 is 1.11 bits per heavy atom. The van der Waals surface area contributed by atoms with Gasteiger partial charge in [0.25, 0.3) is 0 Å². The van der Waals surface area contributed by atoms with Crippen LogP contribution in [-0.2, 0) is 14.4 Å². The fourth-order valence-corrected chi connectivity index (χ4v) is 6.88. The van der Waals surface area contributed by atoms with Crippen LogP contribution in [-0.4, -0.2) is 38.8 Å². The number of nitrogens with one attached hydrogen (secondary N) is 1. The summed E-state index contributed by atoms with van der Waals surface area (Å²) in [6.45, 7) is 0.0774. The number of benzene rings is 1. The zero-order chi connectivity index (χ0) is 19.5. The van der Waals surface area contributed by atoms with Crippen molar-refractivity contribution in [3.05, 3.63) is 28.2 Å². The first-order chi connectivity index (χ1) is 12.8. The summed E-state index contributed by atoms with van der Waals surface area (Å²) >= 11 is 19.3. The number of amides is 3. The van der Waals surface area contributed by atoms with E-state index in [0.717, 1.165) is 6.42 Å². The van der Waals surface area contributed by atoms with Gasteiger partial charge in [-0.25, -0.2) is 0 Å². The van der Waals surface area contributed by atoms with E-state index >= 15 is 0 Å². The van der Waals surface area contributed by atoms with E-state index in [4.69, 9.17) is 23.2 Å². The molecule has 1 saturated heterocycles. The molecule has 3 amide bonds. The normalized spacial score (nSPS) is 34.3. The van der Waals surface area contributed by atoms with Gasteiger partial charge in [-0.2, -0.15) is 0 Å². The van der Waals surface area contributed by atoms with Crippen molar-refractivity contribution in [2.75, 3.05) is 11.9 Å². The van der Waals surface area contributed by atoms with Gasteiger partial charge in [0.15, 0.2) is 0 Å². The molecule has 2 bridgehead atoms. The van der Waals surface area contributed by atoms with Crippen LogP contribution in [0.2, 0.25) is 10.0 Å². The molecule has 6 atom stereocenters. The van der Waals surface area contributed by atoms with Gasteiger partial charge in [0.1, 0.15) is 0 Å². The Bertz CT molecular complexity index is 805. The van der Waals surface area contributed by atoms with Crippen molar-refractivity contribution in [1.82, 2.24) is 4.90 Å². The predicted molar refractivity (Wildman–Crippen MR) is 110 cm³/mol. The monoisotopic (exact) mass is 536 g/mol. The van der Waals surface area contributed by atoms with E-state index in [1.165, 1.54) is 4.90 Å². The summed E-state index contributed by atoms with van der Waals surface area (Å²) in [4.78, 5) is 39.5. The minimum atomic E-state index is -0.323. The number of imide groups is 1. The molecule has 0 radical (unpaired) electrons. The van der Waals surface area contributed by atoms with Crippen LogP contribution in [0.25, 0.3) is 0 Å². The van der Waals surface area contributed by atoms with E-state index in [0.29, 0.717) is 10.7 Å². The van der Waals surface area contributed by atoms with E-state index in [1.54, 1.807) is 18.2 Å². The van der Waals surface area contributed by atoms with Crippen LogP contribution in [0.1, 0.15) is 12.8 Å². The van der Waals surface area contributed by atoms with E-state index in [9.17, 15) is 14.4 Å². The maximum absolute atomic E-state index is 12.8. The van der Waals surface area contributed by atoms with Crippen molar-refractivity contribution in [3.8, 4) is 0 Å². The summed E-state index contributed by atoms with van der Waals surface area (Å²) in [7, 11) is 0. The summed E-state index contributed by atoms with van der Waals surface area (Å²) < 4.78 is 0. The van der Waals surface area contributed by atoms with Gasteiger partial charge >= 0.3 is 0 Å². The number of hydrogen-bond acceptors (Lipinski definition) is 3. The minimum Gasteiger partial charge on any atom is -0.325 e. The van der Waals surface area contributed by atoms with Crippen LogP contribution in [0.3, 0.4) is 0 Å². The number of rotatable bonds is 4. The quantitative estimate of drug-likeness (QED) is 0.464. The van der Waals surface area contributed by atoms with Crippen LogP contribution in [0.4, 0.5) is 5.69 Å². The third-order valence-corrected chi connectivity index (χ3v) is 9.89. The molecule has 3 fully saturated rings. The first-order valence-electron chi connectivity index (χ1n) is 8.68. The highest BCUT2D eigenvalue weighted by molar-refractivity contribution is 9.12. The van der Waals surface area contributed by atoms with E-state index in [-0.39, 0.29) is 69.0 Å². The highest BCUT2D eigenvalue weighted by Gasteiger charge is 2.66. The second kappa shape index (κ2) is 7.32. The third-order valence-electron chi connectivity index (χ3n) is 5.87. The molecule has 0 spiro atoms. The number of hydrogen-bond donors (Lipinski definition) is 1. The Morgan fingerprint density at radius 3 is 2.30 bits per heavy atom. The van der Waals surface area contributed by atoms with Gasteiger partial charge in [0, 0.05) is 22.6 Å². The zero-order valence-electron chi connectivity index (χ0n) is 14.0. The van der Waals surface area contributed by atoms with Gasteiger partial charge in [0.05, 0.1) is 27.6 Å². The molecule has 5 nitrogen and oxygen atoms in total.